The van der Waals surface area contributed by atoms with E-state index in [2.05, 4.69) is 35.1 Å². The number of fused-ring (bicyclic) bond motifs is 2. The van der Waals surface area contributed by atoms with E-state index in [1.165, 1.54) is 25.8 Å². The number of nitrogens with zero attached hydrogens (tertiary/aromatic N) is 3. The fourth-order valence-corrected chi connectivity index (χ4v) is 3.34. The van der Waals surface area contributed by atoms with Crippen molar-refractivity contribution in [2.75, 3.05) is 23.3 Å². The average Bonchev–Trinajstić information content (AvgIpc) is 3.07. The summed E-state index contributed by atoms with van der Waals surface area (Å²) in [6, 6.07) is 2.86. The van der Waals surface area contributed by atoms with Gasteiger partial charge in [0.25, 0.3) is 0 Å². The Morgan fingerprint density at radius 1 is 1.32 bits per heavy atom. The molecule has 4 heteroatoms. The van der Waals surface area contributed by atoms with Crippen LogP contribution in [0.15, 0.2) is 6.07 Å². The third-order valence-electron chi connectivity index (χ3n) is 4.33. The molecule has 2 fully saturated rings. The summed E-state index contributed by atoms with van der Waals surface area (Å²) in [6.07, 6.45) is 6.14. The molecule has 2 unspecified atom stereocenters. The van der Waals surface area contributed by atoms with Crippen molar-refractivity contribution in [2.24, 2.45) is 5.92 Å². The van der Waals surface area contributed by atoms with E-state index in [1.54, 1.807) is 0 Å². The maximum absolute atomic E-state index is 4.74. The zero-order valence-corrected chi connectivity index (χ0v) is 12.0. The first kappa shape index (κ1) is 12.7. The Kier molecular flexibility index (Phi) is 3.58. The maximum Gasteiger partial charge on any atom is 0.134 e. The molecule has 1 aliphatic heterocycles. The summed E-state index contributed by atoms with van der Waals surface area (Å²) in [5, 5.41) is 3.40. The molecule has 2 atom stereocenters. The van der Waals surface area contributed by atoms with E-state index in [4.69, 9.17) is 4.98 Å². The van der Waals surface area contributed by atoms with Crippen LogP contribution in [0.2, 0.25) is 0 Å². The number of aryl methyl sites for hydroxylation is 1. The summed E-state index contributed by atoms with van der Waals surface area (Å²) in [4.78, 5) is 11.8. The third kappa shape index (κ3) is 2.53. The molecule has 1 aromatic rings. The van der Waals surface area contributed by atoms with Gasteiger partial charge in [-0.2, -0.15) is 0 Å². The highest BCUT2D eigenvalue weighted by atomic mass is 15.3. The molecule has 3 rings (SSSR count). The molecule has 0 radical (unpaired) electrons. The molecule has 4 nitrogen and oxygen atoms in total. The Morgan fingerprint density at radius 2 is 2.21 bits per heavy atom. The van der Waals surface area contributed by atoms with E-state index in [1.807, 2.05) is 0 Å². The standard InChI is InChI=1S/C15H24N4/c1-3-7-16-14-9-15(18-13(4-2)17-14)19-10-11-5-6-12(19)8-11/h9,11-12H,3-8,10H2,1-2H3,(H,16,17,18). The first-order valence-corrected chi connectivity index (χ1v) is 7.68. The first-order valence-electron chi connectivity index (χ1n) is 7.68. The largest absolute Gasteiger partial charge is 0.370 e. The summed E-state index contributed by atoms with van der Waals surface area (Å²) in [5.41, 5.74) is 0. The van der Waals surface area contributed by atoms with Gasteiger partial charge < -0.3 is 10.2 Å². The number of piperidine rings is 1. The summed E-state index contributed by atoms with van der Waals surface area (Å²) in [6.45, 7) is 6.47. The maximum atomic E-state index is 4.74. The van der Waals surface area contributed by atoms with Crippen LogP contribution >= 0.6 is 0 Å². The quantitative estimate of drug-likeness (QED) is 0.884. The van der Waals surface area contributed by atoms with Crippen molar-refractivity contribution in [2.45, 2.75) is 52.0 Å². The SMILES string of the molecule is CCCNc1cc(N2CC3CCC2C3)nc(CC)n1. The van der Waals surface area contributed by atoms with E-state index < -0.39 is 0 Å². The first-order chi connectivity index (χ1) is 9.30. The molecular formula is C15H24N4. The molecule has 0 amide bonds. The van der Waals surface area contributed by atoms with Gasteiger partial charge in [0.2, 0.25) is 0 Å². The average molecular weight is 260 g/mol. The van der Waals surface area contributed by atoms with Crippen LogP contribution in [0.5, 0.6) is 0 Å². The van der Waals surface area contributed by atoms with Crippen molar-refractivity contribution >= 4 is 11.6 Å². The van der Waals surface area contributed by atoms with Gasteiger partial charge in [-0.1, -0.05) is 13.8 Å². The van der Waals surface area contributed by atoms with Crippen molar-refractivity contribution in [1.82, 2.24) is 9.97 Å². The van der Waals surface area contributed by atoms with Crippen LogP contribution in [0, 0.1) is 5.92 Å². The second kappa shape index (κ2) is 5.35. The number of anilines is 2. The van der Waals surface area contributed by atoms with E-state index in [0.29, 0.717) is 0 Å². The Labute approximate surface area is 115 Å². The lowest BCUT2D eigenvalue weighted by molar-refractivity contribution is 0.549. The summed E-state index contributed by atoms with van der Waals surface area (Å²) in [7, 11) is 0. The molecule has 0 spiro atoms. The fraction of sp³-hybridized carbons (Fsp3) is 0.733. The van der Waals surface area contributed by atoms with Crippen LogP contribution in [0.25, 0.3) is 0 Å². The predicted octanol–water partition coefficient (Wildman–Crippen LogP) is 2.85. The number of aromatic nitrogens is 2. The molecule has 1 saturated heterocycles. The van der Waals surface area contributed by atoms with E-state index in [-0.39, 0.29) is 0 Å². The number of nitrogens with one attached hydrogen (secondary N) is 1. The number of hydrogen-bond acceptors (Lipinski definition) is 4. The topological polar surface area (TPSA) is 41.0 Å². The van der Waals surface area contributed by atoms with Crippen LogP contribution in [-0.4, -0.2) is 29.1 Å². The van der Waals surface area contributed by atoms with Gasteiger partial charge in [0.1, 0.15) is 17.5 Å². The van der Waals surface area contributed by atoms with Gasteiger partial charge in [-0.05, 0) is 31.6 Å². The lowest BCUT2D eigenvalue weighted by Crippen LogP contribution is -2.33. The molecular weight excluding hydrogens is 236 g/mol. The Morgan fingerprint density at radius 3 is 2.84 bits per heavy atom. The molecule has 2 aliphatic rings. The summed E-state index contributed by atoms with van der Waals surface area (Å²) in [5.74, 6) is 3.99. The minimum atomic E-state index is 0.726. The van der Waals surface area contributed by atoms with Crippen LogP contribution in [0.1, 0.15) is 45.4 Å². The minimum Gasteiger partial charge on any atom is -0.370 e. The summed E-state index contributed by atoms with van der Waals surface area (Å²) < 4.78 is 0. The van der Waals surface area contributed by atoms with Crippen molar-refractivity contribution < 1.29 is 0 Å². The fourth-order valence-electron chi connectivity index (χ4n) is 3.34. The molecule has 1 N–H and O–H groups in total. The van der Waals surface area contributed by atoms with Gasteiger partial charge >= 0.3 is 0 Å². The molecule has 104 valence electrons. The zero-order chi connectivity index (χ0) is 13.2. The summed E-state index contributed by atoms with van der Waals surface area (Å²) >= 11 is 0. The molecule has 0 aromatic carbocycles. The molecule has 1 aromatic heterocycles. The van der Waals surface area contributed by atoms with E-state index in [0.717, 1.165) is 48.8 Å². The monoisotopic (exact) mass is 260 g/mol. The second-order valence-electron chi connectivity index (χ2n) is 5.79. The van der Waals surface area contributed by atoms with E-state index >= 15 is 0 Å². The molecule has 1 saturated carbocycles. The number of hydrogen-bond donors (Lipinski definition) is 1. The zero-order valence-electron chi connectivity index (χ0n) is 12.0. The minimum absolute atomic E-state index is 0.726. The van der Waals surface area contributed by atoms with Crippen LogP contribution < -0.4 is 10.2 Å². The van der Waals surface area contributed by atoms with Crippen molar-refractivity contribution in [3.8, 4) is 0 Å². The van der Waals surface area contributed by atoms with E-state index in [9.17, 15) is 0 Å². The van der Waals surface area contributed by atoms with Crippen molar-refractivity contribution in [3.05, 3.63) is 11.9 Å². The third-order valence-corrected chi connectivity index (χ3v) is 4.33. The van der Waals surface area contributed by atoms with Gasteiger partial charge in [-0.25, -0.2) is 9.97 Å². The number of rotatable bonds is 5. The lowest BCUT2D eigenvalue weighted by atomic mass is 10.1. The van der Waals surface area contributed by atoms with Gasteiger partial charge in [0, 0.05) is 31.6 Å². The highest BCUT2D eigenvalue weighted by Gasteiger charge is 2.38. The molecule has 2 bridgehead atoms. The van der Waals surface area contributed by atoms with Crippen molar-refractivity contribution in [1.29, 1.82) is 0 Å². The smallest absolute Gasteiger partial charge is 0.134 e. The lowest BCUT2D eigenvalue weighted by Gasteiger charge is -2.28. The normalized spacial score (nSPS) is 25.1. The molecule has 1 aliphatic carbocycles. The van der Waals surface area contributed by atoms with Crippen LogP contribution in [0.3, 0.4) is 0 Å². The molecule has 2 heterocycles. The van der Waals surface area contributed by atoms with Gasteiger partial charge in [0.15, 0.2) is 0 Å². The highest BCUT2D eigenvalue weighted by molar-refractivity contribution is 5.51. The Balaban J connectivity index is 1.83. The van der Waals surface area contributed by atoms with Crippen molar-refractivity contribution in [3.63, 3.8) is 0 Å². The second-order valence-corrected chi connectivity index (χ2v) is 5.79. The van der Waals surface area contributed by atoms with Gasteiger partial charge in [0.05, 0.1) is 0 Å². The predicted molar refractivity (Wildman–Crippen MR) is 78.7 cm³/mol. The van der Waals surface area contributed by atoms with Gasteiger partial charge in [-0.3, -0.25) is 0 Å². The van der Waals surface area contributed by atoms with Crippen LogP contribution in [-0.2, 0) is 6.42 Å². The van der Waals surface area contributed by atoms with Crippen LogP contribution in [0.4, 0.5) is 11.6 Å². The Hall–Kier alpha value is -1.32. The van der Waals surface area contributed by atoms with Gasteiger partial charge in [-0.15, -0.1) is 0 Å². The highest BCUT2D eigenvalue weighted by Crippen LogP contribution is 2.39. The Bertz CT molecular complexity index is 446. The molecule has 19 heavy (non-hydrogen) atoms.